The summed E-state index contributed by atoms with van der Waals surface area (Å²) in [4.78, 5) is 0. The molecule has 0 aliphatic heterocycles. The molecule has 1 N–H and O–H groups in total. The summed E-state index contributed by atoms with van der Waals surface area (Å²) < 4.78 is 12.9. The Bertz CT molecular complexity index is 456. The Balaban J connectivity index is 2.49. The minimum Gasteiger partial charge on any atom is -0.383 e. The lowest BCUT2D eigenvalue weighted by Crippen LogP contribution is -2.43. The third kappa shape index (κ3) is 1.83. The number of rotatable bonds is 3. The van der Waals surface area contributed by atoms with E-state index in [9.17, 15) is 14.8 Å². The zero-order valence-electron chi connectivity index (χ0n) is 10.1. The third-order valence-electron chi connectivity index (χ3n) is 3.68. The lowest BCUT2D eigenvalue weighted by atomic mass is 9.69. The fraction of sp³-hybridized carbons (Fsp3) is 0.500. The first-order valence-electron chi connectivity index (χ1n) is 5.81. The van der Waals surface area contributed by atoms with Crippen molar-refractivity contribution in [2.24, 2.45) is 11.3 Å². The van der Waals surface area contributed by atoms with E-state index in [1.165, 1.54) is 12.1 Å². The molecule has 0 heterocycles. The number of nitriles is 1. The molecule has 1 aromatic carbocycles. The van der Waals surface area contributed by atoms with Crippen molar-refractivity contribution in [1.29, 1.82) is 5.26 Å². The summed E-state index contributed by atoms with van der Waals surface area (Å²) in [7, 11) is 0. The topological polar surface area (TPSA) is 44.0 Å². The van der Waals surface area contributed by atoms with Crippen molar-refractivity contribution in [2.45, 2.75) is 32.3 Å². The normalized spacial score (nSPS) is 19.5. The Morgan fingerprint density at radius 2 is 1.82 bits per heavy atom. The molecule has 1 aliphatic rings. The lowest BCUT2D eigenvalue weighted by molar-refractivity contribution is -0.0654. The average molecular weight is 233 g/mol. The highest BCUT2D eigenvalue weighted by Gasteiger charge is 2.55. The van der Waals surface area contributed by atoms with Crippen molar-refractivity contribution < 1.29 is 9.50 Å². The highest BCUT2D eigenvalue weighted by atomic mass is 19.1. The Labute approximate surface area is 101 Å². The van der Waals surface area contributed by atoms with Crippen LogP contribution in [-0.2, 0) is 5.60 Å². The van der Waals surface area contributed by atoms with Crippen LogP contribution in [0.4, 0.5) is 4.39 Å². The van der Waals surface area contributed by atoms with Gasteiger partial charge in [0.15, 0.2) is 0 Å². The Hall–Kier alpha value is -1.40. The van der Waals surface area contributed by atoms with Crippen LogP contribution in [0.25, 0.3) is 0 Å². The average Bonchev–Trinajstić information content (AvgIpc) is 3.13. The van der Waals surface area contributed by atoms with Crippen LogP contribution >= 0.6 is 0 Å². The maximum Gasteiger partial charge on any atom is 0.123 e. The van der Waals surface area contributed by atoms with Gasteiger partial charge in [-0.05, 0) is 50.3 Å². The van der Waals surface area contributed by atoms with E-state index in [4.69, 9.17) is 0 Å². The van der Waals surface area contributed by atoms with E-state index in [0.717, 1.165) is 12.8 Å². The summed E-state index contributed by atoms with van der Waals surface area (Å²) in [5.74, 6) is -0.232. The maximum atomic E-state index is 12.9. The molecule has 90 valence electrons. The van der Waals surface area contributed by atoms with Crippen LogP contribution in [0.2, 0.25) is 0 Å². The largest absolute Gasteiger partial charge is 0.383 e. The fourth-order valence-corrected chi connectivity index (χ4v) is 2.40. The van der Waals surface area contributed by atoms with Gasteiger partial charge in [-0.2, -0.15) is 5.26 Å². The molecule has 1 unspecified atom stereocenters. The minimum atomic E-state index is -1.19. The van der Waals surface area contributed by atoms with Crippen LogP contribution in [0.5, 0.6) is 0 Å². The zero-order chi connectivity index (χ0) is 12.7. The van der Waals surface area contributed by atoms with Gasteiger partial charge in [-0.1, -0.05) is 12.1 Å². The van der Waals surface area contributed by atoms with E-state index in [2.05, 4.69) is 6.07 Å². The molecule has 0 bridgehead atoms. The molecule has 2 rings (SSSR count). The molecule has 0 spiro atoms. The van der Waals surface area contributed by atoms with Crippen LogP contribution in [0, 0.1) is 28.5 Å². The van der Waals surface area contributed by atoms with Gasteiger partial charge in [-0.3, -0.25) is 0 Å². The van der Waals surface area contributed by atoms with E-state index >= 15 is 0 Å². The van der Waals surface area contributed by atoms with Crippen molar-refractivity contribution in [3.05, 3.63) is 35.6 Å². The summed E-state index contributed by atoms with van der Waals surface area (Å²) in [6, 6.07) is 7.98. The Kier molecular flexibility index (Phi) is 2.71. The quantitative estimate of drug-likeness (QED) is 0.872. The van der Waals surface area contributed by atoms with Gasteiger partial charge in [0.1, 0.15) is 11.4 Å². The SMILES string of the molecule is CC(C)(C#N)C(O)(c1ccc(F)cc1)C1CC1. The van der Waals surface area contributed by atoms with E-state index in [0.29, 0.717) is 5.56 Å². The Morgan fingerprint density at radius 3 is 2.24 bits per heavy atom. The second kappa shape index (κ2) is 3.82. The van der Waals surface area contributed by atoms with Crippen LogP contribution in [-0.4, -0.2) is 5.11 Å². The van der Waals surface area contributed by atoms with Gasteiger partial charge in [0.2, 0.25) is 0 Å². The van der Waals surface area contributed by atoms with Gasteiger partial charge in [-0.25, -0.2) is 4.39 Å². The smallest absolute Gasteiger partial charge is 0.123 e. The molecule has 1 atom stereocenters. The number of hydrogen-bond acceptors (Lipinski definition) is 2. The summed E-state index contributed by atoms with van der Waals surface area (Å²) in [6.45, 7) is 3.46. The van der Waals surface area contributed by atoms with Gasteiger partial charge in [0, 0.05) is 0 Å². The predicted molar refractivity (Wildman–Crippen MR) is 62.4 cm³/mol. The monoisotopic (exact) mass is 233 g/mol. The standard InChI is InChI=1S/C14H16FNO/c1-13(2,9-16)14(17,10-3-4-10)11-5-7-12(15)8-6-11/h5-8,10,17H,3-4H2,1-2H3. The van der Waals surface area contributed by atoms with Gasteiger partial charge >= 0.3 is 0 Å². The van der Waals surface area contributed by atoms with Gasteiger partial charge in [0.05, 0.1) is 11.5 Å². The zero-order valence-corrected chi connectivity index (χ0v) is 10.1. The van der Waals surface area contributed by atoms with Gasteiger partial charge in [-0.15, -0.1) is 0 Å². The third-order valence-corrected chi connectivity index (χ3v) is 3.68. The molecule has 3 heteroatoms. The number of halogens is 1. The molecule has 1 saturated carbocycles. The minimum absolute atomic E-state index is 0.0996. The lowest BCUT2D eigenvalue weighted by Gasteiger charge is -2.39. The number of aliphatic hydroxyl groups is 1. The van der Waals surface area contributed by atoms with Crippen LogP contribution in [0.15, 0.2) is 24.3 Å². The molecule has 2 nitrogen and oxygen atoms in total. The van der Waals surface area contributed by atoms with E-state index in [1.54, 1.807) is 26.0 Å². The molecular weight excluding hydrogens is 217 g/mol. The Morgan fingerprint density at radius 1 is 1.29 bits per heavy atom. The second-order valence-electron chi connectivity index (χ2n) is 5.28. The van der Waals surface area contributed by atoms with Gasteiger partial charge < -0.3 is 5.11 Å². The number of nitrogens with zero attached hydrogens (tertiary/aromatic N) is 1. The highest BCUT2D eigenvalue weighted by molar-refractivity contribution is 5.31. The van der Waals surface area contributed by atoms with Crippen LogP contribution < -0.4 is 0 Å². The maximum absolute atomic E-state index is 12.9. The molecular formula is C14H16FNO. The summed E-state index contributed by atoms with van der Waals surface area (Å²) in [6.07, 6.45) is 1.83. The second-order valence-corrected chi connectivity index (χ2v) is 5.28. The van der Waals surface area contributed by atoms with Gasteiger partial charge in [0.25, 0.3) is 0 Å². The summed E-state index contributed by atoms with van der Waals surface area (Å²) >= 11 is 0. The van der Waals surface area contributed by atoms with Crippen LogP contribution in [0.1, 0.15) is 32.3 Å². The molecule has 1 aromatic rings. The summed E-state index contributed by atoms with van der Waals surface area (Å²) in [5.41, 5.74) is -1.44. The first-order valence-corrected chi connectivity index (χ1v) is 5.81. The van der Waals surface area contributed by atoms with Crippen molar-refractivity contribution >= 4 is 0 Å². The number of hydrogen-bond donors (Lipinski definition) is 1. The van der Waals surface area contributed by atoms with Crippen molar-refractivity contribution in [3.8, 4) is 6.07 Å². The van der Waals surface area contributed by atoms with Crippen molar-refractivity contribution in [2.75, 3.05) is 0 Å². The molecule has 0 aromatic heterocycles. The van der Waals surface area contributed by atoms with Crippen molar-refractivity contribution in [1.82, 2.24) is 0 Å². The first-order chi connectivity index (χ1) is 7.91. The molecule has 1 aliphatic carbocycles. The molecule has 0 radical (unpaired) electrons. The molecule has 17 heavy (non-hydrogen) atoms. The highest BCUT2D eigenvalue weighted by Crippen LogP contribution is 2.54. The van der Waals surface area contributed by atoms with E-state index < -0.39 is 11.0 Å². The first kappa shape index (κ1) is 12.1. The molecule has 0 saturated heterocycles. The van der Waals surface area contributed by atoms with E-state index in [1.807, 2.05) is 0 Å². The number of benzene rings is 1. The van der Waals surface area contributed by atoms with E-state index in [-0.39, 0.29) is 11.7 Å². The summed E-state index contributed by atoms with van der Waals surface area (Å²) in [5, 5.41) is 20.1. The van der Waals surface area contributed by atoms with Crippen LogP contribution in [0.3, 0.4) is 0 Å². The fourth-order valence-electron chi connectivity index (χ4n) is 2.40. The van der Waals surface area contributed by atoms with Crippen molar-refractivity contribution in [3.63, 3.8) is 0 Å². The molecule has 1 fully saturated rings. The molecule has 0 amide bonds. The predicted octanol–water partition coefficient (Wildman–Crippen LogP) is 2.97.